The summed E-state index contributed by atoms with van der Waals surface area (Å²) in [4.78, 5) is 35.1. The highest BCUT2D eigenvalue weighted by atomic mass is 16.5. The van der Waals surface area contributed by atoms with Crippen LogP contribution in [0.3, 0.4) is 0 Å². The Morgan fingerprint density at radius 1 is 0.732 bits per heavy atom. The predicted molar refractivity (Wildman–Crippen MR) is 151 cm³/mol. The predicted octanol–water partition coefficient (Wildman–Crippen LogP) is 7.13. The van der Waals surface area contributed by atoms with Crippen LogP contribution in [0, 0.1) is 0 Å². The number of anilines is 1. The van der Waals surface area contributed by atoms with Gasteiger partial charge in [0.05, 0.1) is 29.1 Å². The number of hydrogen-bond donors (Lipinski definition) is 1. The quantitative estimate of drug-likeness (QED) is 0.201. The molecule has 1 atom stereocenters. The minimum Gasteiger partial charge on any atom is -0.463 e. The van der Waals surface area contributed by atoms with Crippen LogP contribution in [0.4, 0.5) is 5.69 Å². The second-order valence-electron chi connectivity index (χ2n) is 9.06. The van der Waals surface area contributed by atoms with E-state index in [0.29, 0.717) is 51.1 Å². The fourth-order valence-electron chi connectivity index (χ4n) is 4.11. The number of ether oxygens (including phenoxy) is 2. The number of fused-ring (bicyclic) bond motifs is 1. The summed E-state index contributed by atoms with van der Waals surface area (Å²) in [5.74, 6) is 1.23. The van der Waals surface area contributed by atoms with Crippen LogP contribution in [-0.4, -0.2) is 27.9 Å². The minimum absolute atomic E-state index is 0.227. The van der Waals surface area contributed by atoms with E-state index in [2.05, 4.69) is 5.32 Å². The lowest BCUT2D eigenvalue weighted by Crippen LogP contribution is -2.30. The van der Waals surface area contributed by atoms with Crippen LogP contribution in [0.5, 0.6) is 11.5 Å². The third kappa shape index (κ3) is 5.69. The van der Waals surface area contributed by atoms with Crippen molar-refractivity contribution in [1.82, 2.24) is 9.97 Å². The second-order valence-corrected chi connectivity index (χ2v) is 9.06. The van der Waals surface area contributed by atoms with Gasteiger partial charge in [-0.05, 0) is 85.8 Å². The summed E-state index contributed by atoms with van der Waals surface area (Å²) in [6.45, 7) is 1.51. The van der Waals surface area contributed by atoms with Crippen LogP contribution in [0.2, 0.25) is 0 Å². The molecule has 41 heavy (non-hydrogen) atoms. The largest absolute Gasteiger partial charge is 0.463 e. The van der Waals surface area contributed by atoms with Crippen molar-refractivity contribution >= 4 is 28.6 Å². The molecular weight excluding hydrogens is 522 g/mol. The molecule has 6 aromatic rings. The van der Waals surface area contributed by atoms with E-state index in [4.69, 9.17) is 28.3 Å². The molecule has 0 aliphatic heterocycles. The van der Waals surface area contributed by atoms with Gasteiger partial charge in [0, 0.05) is 5.69 Å². The molecule has 9 nitrogen and oxygen atoms in total. The monoisotopic (exact) mass is 545 g/mol. The van der Waals surface area contributed by atoms with Gasteiger partial charge < -0.3 is 23.6 Å². The summed E-state index contributed by atoms with van der Waals surface area (Å²) in [6, 6.07) is 28.2. The highest BCUT2D eigenvalue weighted by Crippen LogP contribution is 2.32. The molecule has 3 aromatic carbocycles. The van der Waals surface area contributed by atoms with Gasteiger partial charge in [-0.2, -0.15) is 0 Å². The van der Waals surface area contributed by atoms with Gasteiger partial charge in [-0.25, -0.2) is 14.8 Å². The number of amides is 1. The van der Waals surface area contributed by atoms with Gasteiger partial charge in [0.25, 0.3) is 5.91 Å². The summed E-state index contributed by atoms with van der Waals surface area (Å²) in [6.07, 6.45) is 2.05. The van der Waals surface area contributed by atoms with Crippen LogP contribution < -0.4 is 10.1 Å². The summed E-state index contributed by atoms with van der Waals surface area (Å²) in [7, 11) is 0. The summed E-state index contributed by atoms with van der Waals surface area (Å²) in [5, 5.41) is 2.75. The Bertz CT molecular complexity index is 1800. The Balaban J connectivity index is 1.15. The normalized spacial score (nSPS) is 11.6. The summed E-state index contributed by atoms with van der Waals surface area (Å²) in [5.41, 5.74) is 2.75. The summed E-state index contributed by atoms with van der Waals surface area (Å²) < 4.78 is 22.3. The van der Waals surface area contributed by atoms with Crippen LogP contribution in [0.25, 0.3) is 33.9 Å². The van der Waals surface area contributed by atoms with E-state index in [9.17, 15) is 9.59 Å². The van der Waals surface area contributed by atoms with Crippen LogP contribution in [0.1, 0.15) is 17.3 Å². The van der Waals surface area contributed by atoms with Gasteiger partial charge >= 0.3 is 5.97 Å². The fraction of sp³-hybridized carbons (Fsp3) is 0.0625. The third-order valence-corrected chi connectivity index (χ3v) is 6.16. The van der Waals surface area contributed by atoms with Crippen molar-refractivity contribution < 1.29 is 27.9 Å². The van der Waals surface area contributed by atoms with Crippen molar-refractivity contribution in [3.05, 3.63) is 115 Å². The van der Waals surface area contributed by atoms with Gasteiger partial charge in [0.1, 0.15) is 22.9 Å². The second kappa shape index (κ2) is 11.2. The minimum atomic E-state index is -1.05. The number of benzene rings is 3. The molecule has 0 saturated carbocycles. The topological polar surface area (TPSA) is 117 Å². The van der Waals surface area contributed by atoms with E-state index >= 15 is 0 Å². The number of carbonyl (C=O) groups is 2. The van der Waals surface area contributed by atoms with Crippen LogP contribution in [0.15, 0.2) is 118 Å². The first-order valence-corrected chi connectivity index (χ1v) is 12.8. The molecule has 3 heterocycles. The number of esters is 1. The summed E-state index contributed by atoms with van der Waals surface area (Å²) >= 11 is 0. The average molecular weight is 546 g/mol. The van der Waals surface area contributed by atoms with Gasteiger partial charge in [0.15, 0.2) is 17.6 Å². The molecule has 0 bridgehead atoms. The maximum absolute atomic E-state index is 12.9. The van der Waals surface area contributed by atoms with Gasteiger partial charge in [-0.3, -0.25) is 4.79 Å². The molecule has 0 aliphatic carbocycles. The molecule has 3 aromatic heterocycles. The van der Waals surface area contributed by atoms with Gasteiger partial charge in [-0.15, -0.1) is 0 Å². The first kappa shape index (κ1) is 25.6. The van der Waals surface area contributed by atoms with Gasteiger partial charge in [0.2, 0.25) is 0 Å². The lowest BCUT2D eigenvalue weighted by molar-refractivity contribution is -0.123. The molecule has 0 aliphatic rings. The number of nitrogens with zero attached hydrogens (tertiary/aromatic N) is 2. The molecule has 1 amide bonds. The zero-order chi connectivity index (χ0) is 28.2. The van der Waals surface area contributed by atoms with E-state index in [-0.39, 0.29) is 5.56 Å². The number of furan rings is 2. The molecule has 1 unspecified atom stereocenters. The Hall–Kier alpha value is -5.70. The number of rotatable bonds is 8. The number of hydrogen-bond acceptors (Lipinski definition) is 8. The van der Waals surface area contributed by atoms with Crippen molar-refractivity contribution in [2.24, 2.45) is 0 Å². The maximum Gasteiger partial charge on any atom is 0.338 e. The zero-order valence-electron chi connectivity index (χ0n) is 21.8. The van der Waals surface area contributed by atoms with Crippen LogP contribution >= 0.6 is 0 Å². The molecule has 202 valence electrons. The smallest absolute Gasteiger partial charge is 0.338 e. The van der Waals surface area contributed by atoms with Crippen molar-refractivity contribution in [3.63, 3.8) is 0 Å². The molecule has 0 spiro atoms. The fourth-order valence-corrected chi connectivity index (χ4v) is 4.11. The first-order valence-electron chi connectivity index (χ1n) is 12.8. The molecule has 0 fully saturated rings. The van der Waals surface area contributed by atoms with Crippen molar-refractivity contribution in [3.8, 4) is 34.4 Å². The average Bonchev–Trinajstić information content (AvgIpc) is 3.73. The maximum atomic E-state index is 12.9. The zero-order valence-corrected chi connectivity index (χ0v) is 21.8. The van der Waals surface area contributed by atoms with E-state index < -0.39 is 18.0 Å². The molecule has 0 radical (unpaired) electrons. The highest BCUT2D eigenvalue weighted by Gasteiger charge is 2.21. The lowest BCUT2D eigenvalue weighted by atomic mass is 10.1. The van der Waals surface area contributed by atoms with E-state index in [1.807, 2.05) is 30.3 Å². The first-order chi connectivity index (χ1) is 20.0. The lowest BCUT2D eigenvalue weighted by Gasteiger charge is -2.14. The van der Waals surface area contributed by atoms with E-state index in [1.165, 1.54) is 6.92 Å². The Morgan fingerprint density at radius 3 is 2.00 bits per heavy atom. The number of aromatic nitrogens is 2. The molecular formula is C32H23N3O6. The number of para-hydroxylation sites is 1. The Morgan fingerprint density at radius 2 is 1.37 bits per heavy atom. The van der Waals surface area contributed by atoms with E-state index in [0.717, 1.165) is 0 Å². The van der Waals surface area contributed by atoms with Crippen molar-refractivity contribution in [2.45, 2.75) is 13.0 Å². The van der Waals surface area contributed by atoms with Gasteiger partial charge in [-0.1, -0.05) is 18.2 Å². The standard InChI is InChI=1S/C32H23N3O6/c1-20(31(36)33-22-12-14-24(15-13-22)41-23-7-3-2-4-8-23)40-32(37)21-11-16-25-26(19-21)35-30(28-10-6-18-39-28)29(34-25)27-9-5-17-38-27/h2-20H,1H3,(H,33,36). The molecule has 0 saturated heterocycles. The molecule has 9 heteroatoms. The third-order valence-electron chi connectivity index (χ3n) is 6.16. The number of nitrogens with one attached hydrogen (secondary N) is 1. The van der Waals surface area contributed by atoms with Crippen LogP contribution in [-0.2, 0) is 9.53 Å². The Kier molecular flexibility index (Phi) is 6.98. The Labute approximate surface area is 234 Å². The molecule has 1 N–H and O–H groups in total. The number of carbonyl (C=O) groups excluding carboxylic acids is 2. The highest BCUT2D eigenvalue weighted by molar-refractivity contribution is 5.99. The molecule has 6 rings (SSSR count). The van der Waals surface area contributed by atoms with E-state index in [1.54, 1.807) is 79.3 Å². The SMILES string of the molecule is CC(OC(=O)c1ccc2nc(-c3ccco3)c(-c3ccco3)nc2c1)C(=O)Nc1ccc(Oc2ccccc2)cc1. The van der Waals surface area contributed by atoms with Crippen molar-refractivity contribution in [1.29, 1.82) is 0 Å². The van der Waals surface area contributed by atoms with Crippen molar-refractivity contribution in [2.75, 3.05) is 5.32 Å².